The summed E-state index contributed by atoms with van der Waals surface area (Å²) in [6.45, 7) is 0. The first kappa shape index (κ1) is 15.2. The Kier molecular flexibility index (Phi) is 4.65. The molecular formula is C20H24N2S. The van der Waals surface area contributed by atoms with E-state index in [0.717, 1.165) is 5.69 Å². The second-order valence-electron chi connectivity index (χ2n) is 6.74. The van der Waals surface area contributed by atoms with Crippen LogP contribution in [0.1, 0.15) is 57.8 Å². The Balaban J connectivity index is 1.64. The van der Waals surface area contributed by atoms with Crippen molar-refractivity contribution in [3.8, 4) is 0 Å². The lowest BCUT2D eigenvalue weighted by Crippen LogP contribution is -2.12. The van der Waals surface area contributed by atoms with Gasteiger partial charge in [0.2, 0.25) is 0 Å². The largest absolute Gasteiger partial charge is 0.274 e. The molecule has 0 N–H and O–H groups in total. The van der Waals surface area contributed by atoms with E-state index in [-0.39, 0.29) is 0 Å². The Morgan fingerprint density at radius 2 is 1.48 bits per heavy atom. The van der Waals surface area contributed by atoms with Crippen LogP contribution in [-0.2, 0) is 0 Å². The molecule has 1 saturated carbocycles. The van der Waals surface area contributed by atoms with Crippen molar-refractivity contribution in [3.05, 3.63) is 41.5 Å². The Morgan fingerprint density at radius 1 is 0.783 bits per heavy atom. The molecule has 1 aromatic carbocycles. The maximum Gasteiger partial charge on any atom is 0.106 e. The second-order valence-corrected chi connectivity index (χ2v) is 7.72. The molecule has 3 heteroatoms. The van der Waals surface area contributed by atoms with Crippen LogP contribution < -0.4 is 0 Å². The normalized spacial score (nSPS) is 26.1. The Morgan fingerprint density at radius 3 is 2.22 bits per heavy atom. The zero-order valence-corrected chi connectivity index (χ0v) is 14.4. The molecule has 0 unspecified atom stereocenters. The lowest BCUT2D eigenvalue weighted by Gasteiger charge is -2.19. The highest BCUT2D eigenvalue weighted by molar-refractivity contribution is 8.28. The fourth-order valence-electron chi connectivity index (χ4n) is 3.78. The monoisotopic (exact) mass is 324 g/mol. The lowest BCUT2D eigenvalue weighted by atomic mass is 9.92. The minimum atomic E-state index is 0.554. The number of nitrogens with zero attached hydrogens (tertiary/aromatic N) is 2. The minimum absolute atomic E-state index is 0.554. The van der Waals surface area contributed by atoms with E-state index in [9.17, 15) is 0 Å². The highest BCUT2D eigenvalue weighted by Gasteiger charge is 2.30. The van der Waals surface area contributed by atoms with Gasteiger partial charge in [0.15, 0.2) is 0 Å². The van der Waals surface area contributed by atoms with E-state index in [4.69, 9.17) is 9.98 Å². The van der Waals surface area contributed by atoms with Crippen molar-refractivity contribution in [2.45, 2.75) is 63.8 Å². The summed E-state index contributed by atoms with van der Waals surface area (Å²) >= 11 is 1.83. The van der Waals surface area contributed by atoms with Crippen molar-refractivity contribution < 1.29 is 0 Å². The summed E-state index contributed by atoms with van der Waals surface area (Å²) < 4.78 is 0. The van der Waals surface area contributed by atoms with Crippen LogP contribution in [0.5, 0.6) is 0 Å². The first-order chi connectivity index (χ1) is 11.4. The molecular weight excluding hydrogens is 300 g/mol. The van der Waals surface area contributed by atoms with Gasteiger partial charge < -0.3 is 0 Å². The summed E-state index contributed by atoms with van der Waals surface area (Å²) in [4.78, 5) is 10.1. The molecule has 3 aliphatic rings. The van der Waals surface area contributed by atoms with Crippen molar-refractivity contribution in [2.75, 3.05) is 0 Å². The van der Waals surface area contributed by atoms with Crippen LogP contribution in [0.3, 0.4) is 0 Å². The molecule has 0 spiro atoms. The molecule has 2 aliphatic carbocycles. The fraction of sp³-hybridized carbons (Fsp3) is 0.500. The fourth-order valence-corrected chi connectivity index (χ4v) is 5.02. The van der Waals surface area contributed by atoms with Crippen LogP contribution in [0.4, 0.5) is 5.69 Å². The van der Waals surface area contributed by atoms with Gasteiger partial charge in [0, 0.05) is 0 Å². The van der Waals surface area contributed by atoms with Crippen molar-refractivity contribution >= 4 is 27.5 Å². The number of hydrogen-bond donors (Lipinski definition) is 0. The van der Waals surface area contributed by atoms with E-state index < -0.39 is 0 Å². The van der Waals surface area contributed by atoms with Gasteiger partial charge in [-0.3, -0.25) is 4.99 Å². The second kappa shape index (κ2) is 7.04. The molecule has 1 aromatic rings. The van der Waals surface area contributed by atoms with Crippen LogP contribution in [0, 0.1) is 0 Å². The predicted octanol–water partition coefficient (Wildman–Crippen LogP) is 6.07. The van der Waals surface area contributed by atoms with E-state index >= 15 is 0 Å². The standard InChI is InChI=1S/C20H24N2S/c1-3-9-15(10-4-1)21-19-17-13-7-8-14-18(17)20(23-19)22-16-11-5-2-6-12-16/h1,3-4,9-10,16H,2,5-8,11-14H2. The molecule has 23 heavy (non-hydrogen) atoms. The maximum absolute atomic E-state index is 5.15. The quantitative estimate of drug-likeness (QED) is 0.648. The van der Waals surface area contributed by atoms with E-state index in [2.05, 4.69) is 24.3 Å². The molecule has 1 fully saturated rings. The van der Waals surface area contributed by atoms with Crippen molar-refractivity contribution in [1.82, 2.24) is 0 Å². The van der Waals surface area contributed by atoms with Gasteiger partial charge in [0.05, 0.1) is 11.7 Å². The number of aliphatic imine (C=N–C) groups is 2. The smallest absolute Gasteiger partial charge is 0.106 e. The van der Waals surface area contributed by atoms with E-state index in [0.29, 0.717) is 6.04 Å². The van der Waals surface area contributed by atoms with Crippen molar-refractivity contribution in [1.29, 1.82) is 0 Å². The topological polar surface area (TPSA) is 24.7 Å². The average molecular weight is 324 g/mol. The van der Waals surface area contributed by atoms with Gasteiger partial charge in [-0.15, -0.1) is 0 Å². The Labute approximate surface area is 143 Å². The van der Waals surface area contributed by atoms with Crippen molar-refractivity contribution in [2.24, 2.45) is 9.98 Å². The highest BCUT2D eigenvalue weighted by atomic mass is 32.2. The molecule has 0 amide bonds. The van der Waals surface area contributed by atoms with Gasteiger partial charge in [0.1, 0.15) is 10.1 Å². The SMILES string of the molecule is c1ccc(N=C2SC(=NC3CCCCC3)C3=C2CCCC3)cc1. The molecule has 0 bridgehead atoms. The van der Waals surface area contributed by atoms with Crippen LogP contribution in [0.2, 0.25) is 0 Å². The van der Waals surface area contributed by atoms with E-state index in [1.54, 1.807) is 0 Å². The molecule has 120 valence electrons. The molecule has 2 nitrogen and oxygen atoms in total. The average Bonchev–Trinajstić information content (AvgIpc) is 2.95. The molecule has 0 atom stereocenters. The van der Waals surface area contributed by atoms with Crippen LogP contribution >= 0.6 is 11.8 Å². The highest BCUT2D eigenvalue weighted by Crippen LogP contribution is 2.41. The van der Waals surface area contributed by atoms with E-state index in [1.807, 2.05) is 17.8 Å². The molecule has 1 aliphatic heterocycles. The summed E-state index contributed by atoms with van der Waals surface area (Å²) in [5, 5.41) is 2.50. The molecule has 0 radical (unpaired) electrons. The summed E-state index contributed by atoms with van der Waals surface area (Å²) in [6, 6.07) is 10.9. The van der Waals surface area contributed by atoms with E-state index in [1.165, 1.54) is 79.0 Å². The molecule has 0 aromatic heterocycles. The third-order valence-corrected chi connectivity index (χ3v) is 6.12. The van der Waals surface area contributed by atoms with Gasteiger partial charge in [-0.05, 0) is 73.6 Å². The maximum atomic E-state index is 5.15. The summed E-state index contributed by atoms with van der Waals surface area (Å²) in [7, 11) is 0. The molecule has 1 heterocycles. The van der Waals surface area contributed by atoms with Crippen LogP contribution in [-0.4, -0.2) is 16.1 Å². The van der Waals surface area contributed by atoms with Gasteiger partial charge >= 0.3 is 0 Å². The van der Waals surface area contributed by atoms with Crippen LogP contribution in [0.25, 0.3) is 0 Å². The Bertz CT molecular complexity index is 651. The molecule has 0 saturated heterocycles. The summed E-state index contributed by atoms with van der Waals surface area (Å²) in [6.07, 6.45) is 11.6. The van der Waals surface area contributed by atoms with Crippen molar-refractivity contribution in [3.63, 3.8) is 0 Å². The third-order valence-electron chi connectivity index (χ3n) is 5.04. The summed E-state index contributed by atoms with van der Waals surface area (Å²) in [5.74, 6) is 0. The number of thioether (sulfide) groups is 1. The zero-order chi connectivity index (χ0) is 15.5. The number of hydrogen-bond acceptors (Lipinski definition) is 3. The number of rotatable bonds is 2. The first-order valence-corrected chi connectivity index (χ1v) is 9.84. The number of para-hydroxylation sites is 1. The summed E-state index contributed by atoms with van der Waals surface area (Å²) in [5.41, 5.74) is 4.06. The Hall–Kier alpha value is -1.35. The van der Waals surface area contributed by atoms with Gasteiger partial charge in [-0.25, -0.2) is 4.99 Å². The van der Waals surface area contributed by atoms with Crippen LogP contribution in [0.15, 0.2) is 51.5 Å². The predicted molar refractivity (Wildman–Crippen MR) is 101 cm³/mol. The minimum Gasteiger partial charge on any atom is -0.274 e. The van der Waals surface area contributed by atoms with Gasteiger partial charge in [-0.1, -0.05) is 37.5 Å². The first-order valence-electron chi connectivity index (χ1n) is 9.02. The molecule has 4 rings (SSSR count). The zero-order valence-electron chi connectivity index (χ0n) is 13.6. The number of benzene rings is 1. The lowest BCUT2D eigenvalue weighted by molar-refractivity contribution is 0.444. The van der Waals surface area contributed by atoms with Gasteiger partial charge in [0.25, 0.3) is 0 Å². The third kappa shape index (κ3) is 3.45. The van der Waals surface area contributed by atoms with Gasteiger partial charge in [-0.2, -0.15) is 0 Å².